The van der Waals surface area contributed by atoms with Crippen LogP contribution >= 0.6 is 0 Å². The first kappa shape index (κ1) is 16.1. The molecule has 0 bridgehead atoms. The normalized spacial score (nSPS) is 10.4. The predicted molar refractivity (Wildman–Crippen MR) is 73.6 cm³/mol. The number of methoxy groups -OCH3 is 1. The van der Waals surface area contributed by atoms with E-state index in [1.54, 1.807) is 18.2 Å². The minimum Gasteiger partial charge on any atom is -0.468 e. The quantitative estimate of drug-likeness (QED) is 0.751. The number of amides is 1. The number of esters is 1. The van der Waals surface area contributed by atoms with Gasteiger partial charge in [0.05, 0.1) is 7.11 Å². The lowest BCUT2D eigenvalue weighted by Gasteiger charge is -2.25. The first-order valence-electron chi connectivity index (χ1n) is 6.55. The number of hydrogen-bond acceptors (Lipinski definition) is 3. The molecule has 1 amide bonds. The Labute approximate surface area is 118 Å². The summed E-state index contributed by atoms with van der Waals surface area (Å²) in [6.45, 7) is 3.57. The fourth-order valence-electron chi connectivity index (χ4n) is 1.85. The predicted octanol–water partition coefficient (Wildman–Crippen LogP) is 2.17. The molecule has 1 rings (SSSR count). The van der Waals surface area contributed by atoms with Crippen LogP contribution in [0.15, 0.2) is 24.3 Å². The van der Waals surface area contributed by atoms with E-state index in [0.29, 0.717) is 12.0 Å². The molecule has 0 radical (unpaired) electrons. The van der Waals surface area contributed by atoms with Gasteiger partial charge in [-0.3, -0.25) is 9.59 Å². The van der Waals surface area contributed by atoms with Crippen LogP contribution in [0.4, 0.5) is 4.39 Å². The third-order valence-electron chi connectivity index (χ3n) is 3.04. The Kier molecular flexibility index (Phi) is 6.15. The summed E-state index contributed by atoms with van der Waals surface area (Å²) < 4.78 is 18.0. The Morgan fingerprint density at radius 1 is 1.30 bits per heavy atom. The second kappa shape index (κ2) is 7.62. The van der Waals surface area contributed by atoms with Crippen LogP contribution in [-0.4, -0.2) is 36.5 Å². The van der Waals surface area contributed by atoms with Gasteiger partial charge in [0.25, 0.3) is 0 Å². The zero-order chi connectivity index (χ0) is 15.1. The van der Waals surface area contributed by atoms with Crippen molar-refractivity contribution in [2.75, 3.05) is 13.7 Å². The molecular weight excluding hydrogens is 261 g/mol. The number of aryl methyl sites for hydroxylation is 1. The fraction of sp³-hybridized carbons (Fsp3) is 0.467. The summed E-state index contributed by atoms with van der Waals surface area (Å²) in [7, 11) is 1.28. The first-order valence-corrected chi connectivity index (χ1v) is 6.55. The lowest BCUT2D eigenvalue weighted by atomic mass is 10.1. The largest absolute Gasteiger partial charge is 0.468 e. The van der Waals surface area contributed by atoms with Crippen LogP contribution in [0.5, 0.6) is 0 Å². The number of carbonyl (C=O) groups excluding carboxylic acids is 2. The van der Waals surface area contributed by atoms with Crippen molar-refractivity contribution in [3.8, 4) is 0 Å². The molecule has 110 valence electrons. The van der Waals surface area contributed by atoms with Crippen LogP contribution in [0.1, 0.15) is 25.8 Å². The molecule has 0 saturated heterocycles. The summed E-state index contributed by atoms with van der Waals surface area (Å²) in [6.07, 6.45) is 0.478. The van der Waals surface area contributed by atoms with E-state index in [1.807, 2.05) is 13.8 Å². The van der Waals surface area contributed by atoms with Gasteiger partial charge in [-0.1, -0.05) is 18.2 Å². The Bertz CT molecular complexity index is 474. The van der Waals surface area contributed by atoms with Gasteiger partial charge in [-0.15, -0.1) is 0 Å². The molecule has 4 nitrogen and oxygen atoms in total. The van der Waals surface area contributed by atoms with Crippen LogP contribution in [0, 0.1) is 5.82 Å². The number of carbonyl (C=O) groups is 2. The maximum absolute atomic E-state index is 13.5. The summed E-state index contributed by atoms with van der Waals surface area (Å²) in [5, 5.41) is 0. The summed E-state index contributed by atoms with van der Waals surface area (Å²) >= 11 is 0. The van der Waals surface area contributed by atoms with Gasteiger partial charge in [-0.25, -0.2) is 4.39 Å². The van der Waals surface area contributed by atoms with Crippen LogP contribution in [-0.2, 0) is 20.7 Å². The van der Waals surface area contributed by atoms with E-state index in [1.165, 1.54) is 18.1 Å². The Hall–Kier alpha value is -1.91. The molecule has 0 heterocycles. The molecule has 20 heavy (non-hydrogen) atoms. The van der Waals surface area contributed by atoms with E-state index in [9.17, 15) is 14.0 Å². The van der Waals surface area contributed by atoms with Gasteiger partial charge in [0.2, 0.25) is 5.91 Å². The highest BCUT2D eigenvalue weighted by molar-refractivity contribution is 5.82. The van der Waals surface area contributed by atoms with Gasteiger partial charge in [0.1, 0.15) is 12.4 Å². The Morgan fingerprint density at radius 3 is 2.50 bits per heavy atom. The van der Waals surface area contributed by atoms with Crippen molar-refractivity contribution >= 4 is 11.9 Å². The van der Waals surface area contributed by atoms with Gasteiger partial charge in [0.15, 0.2) is 0 Å². The molecule has 1 aromatic carbocycles. The molecule has 0 aliphatic rings. The van der Waals surface area contributed by atoms with Crippen LogP contribution in [0.2, 0.25) is 0 Å². The molecule has 0 saturated carbocycles. The SMILES string of the molecule is COC(=O)CN(C(=O)CCc1ccccc1F)C(C)C. The molecule has 0 aromatic heterocycles. The molecule has 0 unspecified atom stereocenters. The van der Waals surface area contributed by atoms with Crippen molar-refractivity contribution in [1.29, 1.82) is 0 Å². The summed E-state index contributed by atoms with van der Waals surface area (Å²) in [6, 6.07) is 6.26. The maximum Gasteiger partial charge on any atom is 0.325 e. The van der Waals surface area contributed by atoms with E-state index in [0.717, 1.165) is 0 Å². The minimum absolute atomic E-state index is 0.0791. The monoisotopic (exact) mass is 281 g/mol. The highest BCUT2D eigenvalue weighted by Crippen LogP contribution is 2.11. The molecule has 0 N–H and O–H groups in total. The zero-order valence-corrected chi connectivity index (χ0v) is 12.1. The van der Waals surface area contributed by atoms with E-state index in [-0.39, 0.29) is 30.7 Å². The average molecular weight is 281 g/mol. The Morgan fingerprint density at radius 2 is 1.95 bits per heavy atom. The van der Waals surface area contributed by atoms with Crippen LogP contribution < -0.4 is 0 Å². The second-order valence-electron chi connectivity index (χ2n) is 4.78. The summed E-state index contributed by atoms with van der Waals surface area (Å²) in [5.74, 6) is -0.962. The van der Waals surface area contributed by atoms with Gasteiger partial charge in [-0.2, -0.15) is 0 Å². The smallest absolute Gasteiger partial charge is 0.325 e. The second-order valence-corrected chi connectivity index (χ2v) is 4.78. The molecule has 0 aliphatic carbocycles. The van der Waals surface area contributed by atoms with Gasteiger partial charge in [-0.05, 0) is 31.9 Å². The molecule has 0 fully saturated rings. The topological polar surface area (TPSA) is 46.6 Å². The third kappa shape index (κ3) is 4.64. The van der Waals surface area contributed by atoms with Gasteiger partial charge in [0, 0.05) is 12.5 Å². The van der Waals surface area contributed by atoms with Crippen molar-refractivity contribution in [3.63, 3.8) is 0 Å². The van der Waals surface area contributed by atoms with E-state index in [4.69, 9.17) is 0 Å². The van der Waals surface area contributed by atoms with Gasteiger partial charge < -0.3 is 9.64 Å². The van der Waals surface area contributed by atoms with Crippen molar-refractivity contribution < 1.29 is 18.7 Å². The lowest BCUT2D eigenvalue weighted by molar-refractivity contribution is -0.148. The average Bonchev–Trinajstić information content (AvgIpc) is 2.42. The third-order valence-corrected chi connectivity index (χ3v) is 3.04. The van der Waals surface area contributed by atoms with Crippen LogP contribution in [0.25, 0.3) is 0 Å². The molecule has 5 heteroatoms. The molecular formula is C15H20FNO3. The van der Waals surface area contributed by atoms with Gasteiger partial charge >= 0.3 is 5.97 Å². The lowest BCUT2D eigenvalue weighted by Crippen LogP contribution is -2.41. The Balaban J connectivity index is 2.63. The molecule has 1 aromatic rings. The van der Waals surface area contributed by atoms with Crippen molar-refractivity contribution in [2.45, 2.75) is 32.7 Å². The minimum atomic E-state index is -0.460. The maximum atomic E-state index is 13.5. The van der Waals surface area contributed by atoms with E-state index >= 15 is 0 Å². The standard InChI is InChI=1S/C15H20FNO3/c1-11(2)17(10-15(19)20-3)14(18)9-8-12-6-4-5-7-13(12)16/h4-7,11H,8-10H2,1-3H3. The van der Waals surface area contributed by atoms with Crippen molar-refractivity contribution in [2.24, 2.45) is 0 Å². The molecule has 0 aliphatic heterocycles. The van der Waals surface area contributed by atoms with Crippen molar-refractivity contribution in [3.05, 3.63) is 35.6 Å². The zero-order valence-electron chi connectivity index (χ0n) is 12.1. The number of ether oxygens (including phenoxy) is 1. The summed E-state index contributed by atoms with van der Waals surface area (Å²) in [5.41, 5.74) is 0.502. The number of nitrogens with zero attached hydrogens (tertiary/aromatic N) is 1. The number of hydrogen-bond donors (Lipinski definition) is 0. The van der Waals surface area contributed by atoms with Crippen LogP contribution in [0.3, 0.4) is 0 Å². The number of rotatable bonds is 6. The highest BCUT2D eigenvalue weighted by Gasteiger charge is 2.20. The van der Waals surface area contributed by atoms with E-state index < -0.39 is 5.97 Å². The molecule has 0 spiro atoms. The first-order chi connectivity index (χ1) is 9.45. The summed E-state index contributed by atoms with van der Waals surface area (Å²) in [4.78, 5) is 24.8. The number of benzene rings is 1. The molecule has 0 atom stereocenters. The fourth-order valence-corrected chi connectivity index (χ4v) is 1.85. The van der Waals surface area contributed by atoms with E-state index in [2.05, 4.69) is 4.74 Å². The highest BCUT2D eigenvalue weighted by atomic mass is 19.1. The number of halogens is 1. The van der Waals surface area contributed by atoms with Crippen molar-refractivity contribution in [1.82, 2.24) is 4.90 Å².